The average Bonchev–Trinajstić information content (AvgIpc) is 3.45. The fourth-order valence-electron chi connectivity index (χ4n) is 4.02. The van der Waals surface area contributed by atoms with Crippen molar-refractivity contribution in [1.82, 2.24) is 19.7 Å². The monoisotopic (exact) mass is 583 g/mol. The Balaban J connectivity index is 0.000000333. The Morgan fingerprint density at radius 1 is 1.07 bits per heavy atom. The van der Waals surface area contributed by atoms with Crippen LogP contribution in [0.3, 0.4) is 0 Å². The first-order chi connectivity index (χ1) is 18.5. The van der Waals surface area contributed by atoms with Gasteiger partial charge in [-0.25, -0.2) is 9.59 Å². The molecule has 2 aromatic rings. The average molecular weight is 583 g/mol. The molecule has 0 spiro atoms. The highest BCUT2D eigenvalue weighted by molar-refractivity contribution is 5.94. The number of pyridine rings is 1. The zero-order valence-corrected chi connectivity index (χ0v) is 21.2. The van der Waals surface area contributed by atoms with Crippen molar-refractivity contribution >= 4 is 23.5 Å². The van der Waals surface area contributed by atoms with Gasteiger partial charge in [-0.05, 0) is 38.3 Å². The van der Waals surface area contributed by atoms with Crippen molar-refractivity contribution in [2.24, 2.45) is 7.05 Å². The molecule has 2 aromatic heterocycles. The lowest BCUT2D eigenvalue weighted by Crippen LogP contribution is -2.46. The molecule has 4 heterocycles. The molecule has 2 aliphatic rings. The van der Waals surface area contributed by atoms with E-state index >= 15 is 0 Å². The van der Waals surface area contributed by atoms with Crippen molar-refractivity contribution in [1.29, 1.82) is 0 Å². The fourth-order valence-corrected chi connectivity index (χ4v) is 4.02. The van der Waals surface area contributed by atoms with E-state index in [4.69, 9.17) is 24.5 Å². The van der Waals surface area contributed by atoms with Crippen molar-refractivity contribution in [3.05, 3.63) is 42.0 Å². The van der Waals surface area contributed by atoms with Gasteiger partial charge in [0.25, 0.3) is 5.91 Å². The summed E-state index contributed by atoms with van der Waals surface area (Å²) in [5.74, 6) is -5.58. The van der Waals surface area contributed by atoms with Crippen molar-refractivity contribution in [2.75, 3.05) is 11.9 Å². The third-order valence-corrected chi connectivity index (χ3v) is 5.85. The van der Waals surface area contributed by atoms with E-state index in [-0.39, 0.29) is 18.1 Å². The van der Waals surface area contributed by atoms with E-state index in [1.165, 1.54) is 5.56 Å². The summed E-state index contributed by atoms with van der Waals surface area (Å²) in [7, 11) is 1.94. The number of alkyl halides is 6. The number of anilines is 1. The van der Waals surface area contributed by atoms with Crippen LogP contribution >= 0.6 is 0 Å². The van der Waals surface area contributed by atoms with E-state index in [9.17, 15) is 31.1 Å². The van der Waals surface area contributed by atoms with E-state index in [1.807, 2.05) is 37.0 Å². The Hall–Kier alpha value is -3.73. The predicted molar refractivity (Wildman–Crippen MR) is 125 cm³/mol. The number of aliphatic carboxylic acids is 2. The van der Waals surface area contributed by atoms with E-state index in [0.717, 1.165) is 43.7 Å². The van der Waals surface area contributed by atoms with Crippen molar-refractivity contribution in [3.8, 4) is 0 Å². The Kier molecular flexibility index (Phi) is 11.0. The van der Waals surface area contributed by atoms with Gasteiger partial charge in [-0.15, -0.1) is 0 Å². The number of nitrogens with zero attached hydrogens (tertiary/aromatic N) is 4. The summed E-state index contributed by atoms with van der Waals surface area (Å²) in [5, 5.41) is 21.5. The van der Waals surface area contributed by atoms with Crippen molar-refractivity contribution in [2.45, 2.75) is 63.3 Å². The number of carboxylic acids is 2. The minimum atomic E-state index is -5.08. The van der Waals surface area contributed by atoms with Crippen molar-refractivity contribution < 1.29 is 55.7 Å². The molecular weight excluding hydrogens is 556 g/mol. The zero-order valence-electron chi connectivity index (χ0n) is 21.2. The van der Waals surface area contributed by atoms with Gasteiger partial charge in [0.1, 0.15) is 6.10 Å². The molecule has 40 heavy (non-hydrogen) atoms. The van der Waals surface area contributed by atoms with Crippen LogP contribution in [0.5, 0.6) is 0 Å². The number of fused-ring (bicyclic) bond motifs is 1. The van der Waals surface area contributed by atoms with Crippen LogP contribution in [0.15, 0.2) is 30.7 Å². The molecular formula is C23H27F6N5O6. The number of amides is 1. The largest absolute Gasteiger partial charge is 0.490 e. The molecule has 3 N–H and O–H groups in total. The summed E-state index contributed by atoms with van der Waals surface area (Å²) >= 11 is 0. The molecule has 2 saturated heterocycles. The molecule has 17 heteroatoms. The van der Waals surface area contributed by atoms with Crippen LogP contribution in [0.2, 0.25) is 0 Å². The highest BCUT2D eigenvalue weighted by Gasteiger charge is 2.42. The maximum absolute atomic E-state index is 12.6. The molecule has 0 aromatic carbocycles. The van der Waals surface area contributed by atoms with E-state index in [1.54, 1.807) is 6.20 Å². The van der Waals surface area contributed by atoms with Crippen molar-refractivity contribution in [3.63, 3.8) is 0 Å². The molecule has 2 aliphatic heterocycles. The minimum absolute atomic E-state index is 0.0646. The number of likely N-dealkylation sites (tertiary alicyclic amines) is 1. The first-order valence-electron chi connectivity index (χ1n) is 11.7. The smallest absolute Gasteiger partial charge is 0.475 e. The first kappa shape index (κ1) is 32.5. The number of carboxylic acid groups (broad SMARTS) is 2. The quantitative estimate of drug-likeness (QED) is 0.462. The van der Waals surface area contributed by atoms with Gasteiger partial charge in [0.05, 0.1) is 23.7 Å². The Morgan fingerprint density at radius 3 is 2.17 bits per heavy atom. The number of nitrogens with one attached hydrogen (secondary N) is 1. The van der Waals surface area contributed by atoms with Gasteiger partial charge in [0, 0.05) is 44.1 Å². The SMILES string of the molecule is Cc1ncccc1NC(=O)[C@@H]1CC[C@@H]2[C@@H](CCN2Cc2cnn(C)c2)O1.O=C(O)C(F)(F)F.O=C(O)C(F)(F)F. The van der Waals surface area contributed by atoms with Crippen LogP contribution in [0.4, 0.5) is 32.0 Å². The topological polar surface area (TPSA) is 147 Å². The lowest BCUT2D eigenvalue weighted by molar-refractivity contribution is -0.193. The minimum Gasteiger partial charge on any atom is -0.475 e. The molecule has 11 nitrogen and oxygen atoms in total. The molecule has 3 atom stereocenters. The van der Waals surface area contributed by atoms with Gasteiger partial charge < -0.3 is 20.3 Å². The van der Waals surface area contributed by atoms with Crippen LogP contribution in [0.1, 0.15) is 30.5 Å². The molecule has 0 saturated carbocycles. The maximum atomic E-state index is 12.6. The number of carbonyl (C=O) groups excluding carboxylic acids is 1. The van der Waals surface area contributed by atoms with Gasteiger partial charge >= 0.3 is 24.3 Å². The molecule has 0 radical (unpaired) electrons. The number of rotatable bonds is 4. The highest BCUT2D eigenvalue weighted by Crippen LogP contribution is 2.33. The summed E-state index contributed by atoms with van der Waals surface area (Å²) in [5.41, 5.74) is 2.80. The summed E-state index contributed by atoms with van der Waals surface area (Å²) in [6.45, 7) is 3.78. The number of aromatic nitrogens is 3. The Morgan fingerprint density at radius 2 is 1.68 bits per heavy atom. The van der Waals surface area contributed by atoms with Crippen LogP contribution in [0.25, 0.3) is 0 Å². The molecule has 222 valence electrons. The number of ether oxygens (including phenoxy) is 1. The Labute approximate surface area is 223 Å². The van der Waals surface area contributed by atoms with Gasteiger partial charge in [-0.3, -0.25) is 19.4 Å². The molecule has 0 aliphatic carbocycles. The van der Waals surface area contributed by atoms with Gasteiger partial charge in [-0.2, -0.15) is 31.4 Å². The van der Waals surface area contributed by atoms with Crippen LogP contribution in [0, 0.1) is 6.92 Å². The van der Waals surface area contributed by atoms with Gasteiger partial charge in [-0.1, -0.05) is 0 Å². The second-order valence-electron chi connectivity index (χ2n) is 8.82. The third kappa shape index (κ3) is 9.78. The Bertz CT molecular complexity index is 1150. The normalized spacial score (nSPS) is 20.8. The number of aryl methyl sites for hydroxylation is 2. The van der Waals surface area contributed by atoms with E-state index < -0.39 is 24.3 Å². The van der Waals surface area contributed by atoms with Crippen LogP contribution < -0.4 is 5.32 Å². The lowest BCUT2D eigenvalue weighted by Gasteiger charge is -2.35. The zero-order chi connectivity index (χ0) is 30.3. The molecule has 0 bridgehead atoms. The molecule has 4 rings (SSSR count). The van der Waals surface area contributed by atoms with Crippen LogP contribution in [-0.4, -0.2) is 84.9 Å². The van der Waals surface area contributed by atoms with E-state index in [2.05, 4.69) is 26.5 Å². The standard InChI is InChI=1S/C19H25N5O2.2C2HF3O2/c1-13-15(4-3-8-20-13)22-19(25)18-6-5-16-17(26-18)7-9-24(16)12-14-10-21-23(2)11-14;2*3-2(4,5)1(6)7/h3-4,8,10-11,16-18H,5-7,9,12H2,1-2H3,(H,22,25);2*(H,6,7)/t16-,17-,18+;;/m1../s1. The number of hydrogen-bond donors (Lipinski definition) is 3. The molecule has 2 fully saturated rings. The number of halogens is 6. The molecule has 1 amide bonds. The van der Waals surface area contributed by atoms with E-state index in [0.29, 0.717) is 6.04 Å². The second-order valence-corrected chi connectivity index (χ2v) is 8.82. The summed E-state index contributed by atoms with van der Waals surface area (Å²) < 4.78 is 71.5. The summed E-state index contributed by atoms with van der Waals surface area (Å²) in [6, 6.07) is 4.09. The number of hydrogen-bond acceptors (Lipinski definition) is 7. The second kappa shape index (κ2) is 13.6. The maximum Gasteiger partial charge on any atom is 0.490 e. The van der Waals surface area contributed by atoms with Gasteiger partial charge in [0.2, 0.25) is 0 Å². The van der Waals surface area contributed by atoms with Gasteiger partial charge in [0.15, 0.2) is 0 Å². The first-order valence-corrected chi connectivity index (χ1v) is 11.7. The summed E-state index contributed by atoms with van der Waals surface area (Å²) in [6.07, 6.45) is -2.01. The third-order valence-electron chi connectivity index (χ3n) is 5.85. The van der Waals surface area contributed by atoms with Crippen LogP contribution in [-0.2, 0) is 32.7 Å². The summed E-state index contributed by atoms with van der Waals surface area (Å²) in [4.78, 5) is 37.1. The molecule has 0 unspecified atom stereocenters. The number of carbonyl (C=O) groups is 3. The lowest BCUT2D eigenvalue weighted by atomic mass is 9.98. The predicted octanol–water partition coefficient (Wildman–Crippen LogP) is 3.15. The highest BCUT2D eigenvalue weighted by atomic mass is 19.4. The fraction of sp³-hybridized carbons (Fsp3) is 0.522.